The van der Waals surface area contributed by atoms with Gasteiger partial charge in [0.15, 0.2) is 0 Å². The lowest BCUT2D eigenvalue weighted by molar-refractivity contribution is 0.291. The molecular weight excluding hydrogens is 310 g/mol. The summed E-state index contributed by atoms with van der Waals surface area (Å²) in [5.41, 5.74) is 5.10. The van der Waals surface area contributed by atoms with E-state index in [-0.39, 0.29) is 0 Å². The molecule has 0 radical (unpaired) electrons. The summed E-state index contributed by atoms with van der Waals surface area (Å²) in [7, 11) is 0. The van der Waals surface area contributed by atoms with Crippen molar-refractivity contribution in [3.8, 4) is 5.75 Å². The summed E-state index contributed by atoms with van der Waals surface area (Å²) in [5, 5.41) is 14.8. The largest absolute Gasteiger partial charge is 0.508 e. The summed E-state index contributed by atoms with van der Waals surface area (Å²) in [4.78, 5) is 6.71. The molecule has 0 bridgehead atoms. The monoisotopic (exact) mass is 335 g/mol. The van der Waals surface area contributed by atoms with E-state index < -0.39 is 0 Å². The van der Waals surface area contributed by atoms with Crippen LogP contribution in [0.25, 0.3) is 10.9 Å². The zero-order valence-corrected chi connectivity index (χ0v) is 15.1. The molecule has 0 unspecified atom stereocenters. The van der Waals surface area contributed by atoms with E-state index in [1.165, 1.54) is 5.56 Å². The highest BCUT2D eigenvalue weighted by Crippen LogP contribution is 2.29. The van der Waals surface area contributed by atoms with Gasteiger partial charge in [0.1, 0.15) is 5.75 Å². The van der Waals surface area contributed by atoms with E-state index in [2.05, 4.69) is 48.1 Å². The van der Waals surface area contributed by atoms with Crippen molar-refractivity contribution in [2.75, 3.05) is 18.4 Å². The van der Waals surface area contributed by atoms with Crippen molar-refractivity contribution in [2.24, 2.45) is 0 Å². The molecule has 4 nitrogen and oxygen atoms in total. The Bertz CT molecular complexity index is 872. The lowest BCUT2D eigenvalue weighted by atomic mass is 10.1. The second-order valence-electron chi connectivity index (χ2n) is 6.31. The molecule has 3 aromatic rings. The summed E-state index contributed by atoms with van der Waals surface area (Å²) in [6, 6.07) is 13.9. The van der Waals surface area contributed by atoms with Crippen molar-refractivity contribution < 1.29 is 5.11 Å². The molecule has 0 aliphatic carbocycles. The van der Waals surface area contributed by atoms with Crippen LogP contribution in [0.4, 0.5) is 11.4 Å². The minimum Gasteiger partial charge on any atom is -0.508 e. The molecule has 0 amide bonds. The average molecular weight is 335 g/mol. The number of nitrogens with one attached hydrogen (secondary N) is 1. The molecule has 3 rings (SSSR count). The van der Waals surface area contributed by atoms with Crippen LogP contribution in [-0.2, 0) is 6.54 Å². The van der Waals surface area contributed by atoms with Gasteiger partial charge in [-0.25, -0.2) is 0 Å². The number of phenolic OH excluding ortho intramolecular Hbond substituents is 1. The quantitative estimate of drug-likeness (QED) is 0.633. The molecule has 0 aliphatic rings. The molecular formula is C21H25N3O. The predicted molar refractivity (Wildman–Crippen MR) is 104 cm³/mol. The lowest BCUT2D eigenvalue weighted by Crippen LogP contribution is -2.22. The maximum absolute atomic E-state index is 10.2. The number of aromatic hydroxyl groups is 1. The minimum atomic E-state index is 0.341. The second kappa shape index (κ2) is 7.53. The molecule has 0 spiro atoms. The van der Waals surface area contributed by atoms with Gasteiger partial charge in [-0.2, -0.15) is 0 Å². The number of aryl methyl sites for hydroxylation is 1. The van der Waals surface area contributed by atoms with Crippen LogP contribution in [0.1, 0.15) is 25.0 Å². The molecule has 0 saturated carbocycles. The number of nitrogens with zero attached hydrogens (tertiary/aromatic N) is 2. The van der Waals surface area contributed by atoms with E-state index in [9.17, 15) is 5.11 Å². The summed E-state index contributed by atoms with van der Waals surface area (Å²) in [6.45, 7) is 9.01. The predicted octanol–water partition coefficient (Wildman–Crippen LogP) is 4.83. The van der Waals surface area contributed by atoms with Gasteiger partial charge in [0, 0.05) is 35.1 Å². The van der Waals surface area contributed by atoms with Crippen LogP contribution in [0.5, 0.6) is 5.75 Å². The first kappa shape index (κ1) is 17.2. The fourth-order valence-corrected chi connectivity index (χ4v) is 3.00. The zero-order valence-electron chi connectivity index (χ0n) is 15.1. The van der Waals surface area contributed by atoms with E-state index in [4.69, 9.17) is 0 Å². The fourth-order valence-electron chi connectivity index (χ4n) is 3.00. The number of benzene rings is 2. The number of hydrogen-bond donors (Lipinski definition) is 2. The van der Waals surface area contributed by atoms with Crippen molar-refractivity contribution >= 4 is 22.3 Å². The van der Waals surface area contributed by atoms with Crippen molar-refractivity contribution in [1.82, 2.24) is 9.88 Å². The molecule has 0 atom stereocenters. The molecule has 4 heteroatoms. The molecule has 130 valence electrons. The summed E-state index contributed by atoms with van der Waals surface area (Å²) in [6.07, 6.45) is 1.82. The highest BCUT2D eigenvalue weighted by molar-refractivity contribution is 5.93. The molecule has 2 N–H and O–H groups in total. The van der Waals surface area contributed by atoms with Gasteiger partial charge in [-0.3, -0.25) is 9.88 Å². The van der Waals surface area contributed by atoms with Gasteiger partial charge < -0.3 is 10.4 Å². The number of rotatable bonds is 6. The first-order valence-electron chi connectivity index (χ1n) is 8.77. The Morgan fingerprint density at radius 1 is 1.04 bits per heavy atom. The van der Waals surface area contributed by atoms with Crippen LogP contribution < -0.4 is 5.32 Å². The fraction of sp³-hybridized carbons (Fsp3) is 0.286. The maximum atomic E-state index is 10.2. The molecule has 0 saturated heterocycles. The van der Waals surface area contributed by atoms with Crippen molar-refractivity contribution in [1.29, 1.82) is 0 Å². The summed E-state index contributed by atoms with van der Waals surface area (Å²) in [5.74, 6) is 0.341. The third-order valence-electron chi connectivity index (χ3n) is 4.54. The average Bonchev–Trinajstić information content (AvgIpc) is 2.62. The number of hydrogen-bond acceptors (Lipinski definition) is 4. The Hall–Kier alpha value is -2.59. The van der Waals surface area contributed by atoms with Crippen molar-refractivity contribution in [3.63, 3.8) is 0 Å². The van der Waals surface area contributed by atoms with Crippen LogP contribution in [0.3, 0.4) is 0 Å². The van der Waals surface area contributed by atoms with E-state index >= 15 is 0 Å². The van der Waals surface area contributed by atoms with Gasteiger partial charge in [0.2, 0.25) is 0 Å². The molecule has 1 heterocycles. The van der Waals surface area contributed by atoms with Crippen LogP contribution >= 0.6 is 0 Å². The molecule has 0 fully saturated rings. The van der Waals surface area contributed by atoms with Gasteiger partial charge in [-0.1, -0.05) is 25.5 Å². The maximum Gasteiger partial charge on any atom is 0.120 e. The third kappa shape index (κ3) is 3.91. The zero-order chi connectivity index (χ0) is 17.8. The summed E-state index contributed by atoms with van der Waals surface area (Å²) >= 11 is 0. The molecule has 1 aromatic heterocycles. The number of phenols is 1. The Balaban J connectivity index is 1.92. The van der Waals surface area contributed by atoms with Gasteiger partial charge in [0.25, 0.3) is 0 Å². The van der Waals surface area contributed by atoms with E-state index in [0.717, 1.165) is 47.5 Å². The van der Waals surface area contributed by atoms with Gasteiger partial charge in [0.05, 0.1) is 5.52 Å². The molecule has 25 heavy (non-hydrogen) atoms. The smallest absolute Gasteiger partial charge is 0.120 e. The van der Waals surface area contributed by atoms with Crippen molar-refractivity contribution in [2.45, 2.75) is 27.3 Å². The van der Waals surface area contributed by atoms with Crippen LogP contribution in [0.2, 0.25) is 0 Å². The SMILES string of the molecule is CCN(CC)Cc1cc(Nc2ccnc3ccc(C)cc23)ccc1O. The molecule has 0 aliphatic heterocycles. The first-order chi connectivity index (χ1) is 12.1. The van der Waals surface area contributed by atoms with E-state index in [1.54, 1.807) is 6.07 Å². The van der Waals surface area contributed by atoms with Gasteiger partial charge >= 0.3 is 0 Å². The standard InChI is InChI=1S/C21H25N3O/c1-4-24(5-2)14-16-13-17(7-9-21(16)25)23-20-10-11-22-19-8-6-15(3)12-18(19)20/h6-13,25H,4-5,14H2,1-3H3,(H,22,23). The molecule has 2 aromatic carbocycles. The van der Waals surface area contributed by atoms with Gasteiger partial charge in [-0.15, -0.1) is 0 Å². The van der Waals surface area contributed by atoms with Crippen LogP contribution in [0, 0.1) is 6.92 Å². The number of pyridine rings is 1. The summed E-state index contributed by atoms with van der Waals surface area (Å²) < 4.78 is 0. The Kier molecular flexibility index (Phi) is 5.19. The van der Waals surface area contributed by atoms with Gasteiger partial charge in [-0.05, 0) is 56.4 Å². The number of fused-ring (bicyclic) bond motifs is 1. The Morgan fingerprint density at radius 2 is 1.84 bits per heavy atom. The topological polar surface area (TPSA) is 48.4 Å². The highest BCUT2D eigenvalue weighted by Gasteiger charge is 2.09. The highest BCUT2D eigenvalue weighted by atomic mass is 16.3. The Morgan fingerprint density at radius 3 is 2.60 bits per heavy atom. The van der Waals surface area contributed by atoms with Crippen molar-refractivity contribution in [3.05, 3.63) is 59.8 Å². The third-order valence-corrected chi connectivity index (χ3v) is 4.54. The van der Waals surface area contributed by atoms with E-state index in [1.807, 2.05) is 30.5 Å². The Labute approximate surface area is 149 Å². The van der Waals surface area contributed by atoms with Crippen LogP contribution in [0.15, 0.2) is 48.7 Å². The van der Waals surface area contributed by atoms with Crippen LogP contribution in [-0.4, -0.2) is 28.1 Å². The lowest BCUT2D eigenvalue weighted by Gasteiger charge is -2.19. The first-order valence-corrected chi connectivity index (χ1v) is 8.77. The second-order valence-corrected chi connectivity index (χ2v) is 6.31. The number of anilines is 2. The minimum absolute atomic E-state index is 0.341. The van der Waals surface area contributed by atoms with E-state index in [0.29, 0.717) is 5.75 Å². The number of aromatic nitrogens is 1. The normalized spacial score (nSPS) is 11.2.